The second-order valence-corrected chi connectivity index (χ2v) is 6.20. The number of rotatable bonds is 5. The maximum absolute atomic E-state index is 12.5. The molecule has 2 aliphatic heterocycles. The van der Waals surface area contributed by atoms with Crippen molar-refractivity contribution in [2.24, 2.45) is 5.92 Å². The average Bonchev–Trinajstić information content (AvgIpc) is 2.90. The van der Waals surface area contributed by atoms with Crippen LogP contribution >= 0.6 is 0 Å². The van der Waals surface area contributed by atoms with Crippen molar-refractivity contribution < 1.29 is 24.2 Å². The van der Waals surface area contributed by atoms with Gasteiger partial charge in [-0.1, -0.05) is 6.07 Å². The first-order valence-corrected chi connectivity index (χ1v) is 8.20. The van der Waals surface area contributed by atoms with E-state index in [9.17, 15) is 9.59 Å². The number of carbonyl (C=O) groups excluding carboxylic acids is 1. The van der Waals surface area contributed by atoms with Crippen molar-refractivity contribution in [2.45, 2.75) is 19.3 Å². The summed E-state index contributed by atoms with van der Waals surface area (Å²) in [6.45, 7) is 2.70. The Hall–Kier alpha value is -2.28. The summed E-state index contributed by atoms with van der Waals surface area (Å²) in [4.78, 5) is 25.2. The Bertz CT molecular complexity index is 619. The highest BCUT2D eigenvalue weighted by Gasteiger charge is 2.23. The second kappa shape index (κ2) is 7.53. The Morgan fingerprint density at radius 2 is 2.12 bits per heavy atom. The van der Waals surface area contributed by atoms with Crippen molar-refractivity contribution in [3.63, 3.8) is 0 Å². The lowest BCUT2D eigenvalue weighted by Crippen LogP contribution is -2.36. The van der Waals surface area contributed by atoms with Crippen LogP contribution in [0.1, 0.15) is 18.4 Å². The van der Waals surface area contributed by atoms with Crippen LogP contribution in [0, 0.1) is 5.92 Å². The molecule has 3 rings (SSSR count). The predicted molar refractivity (Wildman–Crippen MR) is 86.1 cm³/mol. The van der Waals surface area contributed by atoms with Crippen molar-refractivity contribution in [2.75, 3.05) is 33.0 Å². The second-order valence-electron chi connectivity index (χ2n) is 6.20. The Morgan fingerprint density at radius 1 is 1.29 bits per heavy atom. The number of carboxylic acid groups (broad SMARTS) is 1. The molecule has 130 valence electrons. The van der Waals surface area contributed by atoms with Crippen LogP contribution in [0.5, 0.6) is 11.5 Å². The summed E-state index contributed by atoms with van der Waals surface area (Å²) >= 11 is 0. The Balaban J connectivity index is 1.54. The third-order valence-electron chi connectivity index (χ3n) is 4.35. The third kappa shape index (κ3) is 4.17. The van der Waals surface area contributed by atoms with Gasteiger partial charge in [0.15, 0.2) is 11.5 Å². The van der Waals surface area contributed by atoms with Crippen LogP contribution in [0.25, 0.3) is 0 Å². The zero-order chi connectivity index (χ0) is 16.9. The quantitative estimate of drug-likeness (QED) is 0.831. The molecule has 1 atom stereocenters. The van der Waals surface area contributed by atoms with Gasteiger partial charge in [0, 0.05) is 32.6 Å². The van der Waals surface area contributed by atoms with Gasteiger partial charge in [0.2, 0.25) is 12.7 Å². The zero-order valence-corrected chi connectivity index (χ0v) is 13.5. The van der Waals surface area contributed by atoms with E-state index in [1.54, 1.807) is 4.90 Å². The SMILES string of the molecule is O=C(O)C[C@H]1CNCCN(C(=O)CCc2ccc3c(c2)OCO3)C1. The first kappa shape index (κ1) is 16.6. The largest absolute Gasteiger partial charge is 0.481 e. The molecular weight excluding hydrogens is 312 g/mol. The summed E-state index contributed by atoms with van der Waals surface area (Å²) in [5.74, 6) is 0.656. The zero-order valence-electron chi connectivity index (χ0n) is 13.5. The predicted octanol–water partition coefficient (Wildman–Crippen LogP) is 0.871. The van der Waals surface area contributed by atoms with Gasteiger partial charge in [-0.25, -0.2) is 0 Å². The number of nitrogens with one attached hydrogen (secondary N) is 1. The number of ether oxygens (including phenoxy) is 2. The molecule has 0 spiro atoms. The number of fused-ring (bicyclic) bond motifs is 1. The molecule has 0 aromatic heterocycles. The topological polar surface area (TPSA) is 88.1 Å². The summed E-state index contributed by atoms with van der Waals surface area (Å²) < 4.78 is 10.6. The lowest BCUT2D eigenvalue weighted by Gasteiger charge is -2.23. The smallest absolute Gasteiger partial charge is 0.303 e. The number of amides is 1. The van der Waals surface area contributed by atoms with Crippen LogP contribution in [0.4, 0.5) is 0 Å². The van der Waals surface area contributed by atoms with Crippen LogP contribution in [0.2, 0.25) is 0 Å². The molecule has 1 aromatic rings. The molecule has 1 fully saturated rings. The highest BCUT2D eigenvalue weighted by molar-refractivity contribution is 5.76. The Labute approximate surface area is 140 Å². The minimum Gasteiger partial charge on any atom is -0.481 e. The molecule has 0 radical (unpaired) electrons. The maximum atomic E-state index is 12.5. The van der Waals surface area contributed by atoms with Crippen molar-refractivity contribution in [1.29, 1.82) is 0 Å². The van der Waals surface area contributed by atoms with Gasteiger partial charge in [-0.3, -0.25) is 9.59 Å². The highest BCUT2D eigenvalue weighted by atomic mass is 16.7. The van der Waals surface area contributed by atoms with Crippen LogP contribution in [0.3, 0.4) is 0 Å². The van der Waals surface area contributed by atoms with Crippen LogP contribution in [-0.4, -0.2) is 54.9 Å². The molecule has 24 heavy (non-hydrogen) atoms. The van der Waals surface area contributed by atoms with Gasteiger partial charge >= 0.3 is 5.97 Å². The molecule has 1 saturated heterocycles. The van der Waals surface area contributed by atoms with Gasteiger partial charge < -0.3 is 24.8 Å². The normalized spacial score (nSPS) is 19.8. The average molecular weight is 334 g/mol. The van der Waals surface area contributed by atoms with Crippen molar-refractivity contribution >= 4 is 11.9 Å². The van der Waals surface area contributed by atoms with E-state index in [2.05, 4.69) is 5.32 Å². The lowest BCUT2D eigenvalue weighted by atomic mass is 10.0. The maximum Gasteiger partial charge on any atom is 0.303 e. The number of carboxylic acids is 1. The van der Waals surface area contributed by atoms with Gasteiger partial charge in [0.25, 0.3) is 0 Å². The summed E-state index contributed by atoms with van der Waals surface area (Å²) in [6, 6.07) is 5.71. The summed E-state index contributed by atoms with van der Waals surface area (Å²) in [7, 11) is 0. The van der Waals surface area contributed by atoms with Crippen LogP contribution in [0.15, 0.2) is 18.2 Å². The molecule has 0 unspecified atom stereocenters. The highest BCUT2D eigenvalue weighted by Crippen LogP contribution is 2.32. The molecule has 7 heteroatoms. The molecule has 1 aromatic carbocycles. The van der Waals surface area contributed by atoms with Crippen molar-refractivity contribution in [3.8, 4) is 11.5 Å². The van der Waals surface area contributed by atoms with E-state index < -0.39 is 5.97 Å². The number of carbonyl (C=O) groups is 2. The number of nitrogens with zero attached hydrogens (tertiary/aromatic N) is 1. The fourth-order valence-corrected chi connectivity index (χ4v) is 3.10. The Morgan fingerprint density at radius 3 is 2.96 bits per heavy atom. The van der Waals surface area contributed by atoms with E-state index in [0.29, 0.717) is 39.0 Å². The summed E-state index contributed by atoms with van der Waals surface area (Å²) in [5.41, 5.74) is 1.03. The molecular formula is C17H22N2O5. The minimum atomic E-state index is -0.823. The third-order valence-corrected chi connectivity index (χ3v) is 4.35. The van der Waals surface area contributed by atoms with Crippen LogP contribution in [-0.2, 0) is 16.0 Å². The molecule has 0 saturated carbocycles. The van der Waals surface area contributed by atoms with Crippen molar-refractivity contribution in [3.05, 3.63) is 23.8 Å². The van der Waals surface area contributed by atoms with Crippen LogP contribution < -0.4 is 14.8 Å². The van der Waals surface area contributed by atoms with E-state index >= 15 is 0 Å². The van der Waals surface area contributed by atoms with E-state index in [0.717, 1.165) is 17.1 Å². The standard InChI is InChI=1S/C17H22N2O5/c20-16(19-6-5-18-9-13(10-19)8-17(21)22)4-2-12-1-3-14-15(7-12)24-11-23-14/h1,3,7,13,18H,2,4-6,8-11H2,(H,21,22)/t13-/m0/s1. The van der Waals surface area contributed by atoms with E-state index in [1.807, 2.05) is 18.2 Å². The van der Waals surface area contributed by atoms with Gasteiger partial charge in [-0.05, 0) is 30.0 Å². The van der Waals surface area contributed by atoms with Crippen molar-refractivity contribution in [1.82, 2.24) is 10.2 Å². The molecule has 2 heterocycles. The molecule has 0 aliphatic carbocycles. The first-order chi connectivity index (χ1) is 11.6. The summed E-state index contributed by atoms with van der Waals surface area (Å²) in [5, 5.41) is 12.2. The van der Waals surface area contributed by atoms with Gasteiger partial charge in [0.1, 0.15) is 0 Å². The molecule has 7 nitrogen and oxygen atoms in total. The number of aryl methyl sites for hydroxylation is 1. The molecule has 2 aliphatic rings. The number of benzene rings is 1. The van der Waals surface area contributed by atoms with Gasteiger partial charge in [-0.2, -0.15) is 0 Å². The van der Waals surface area contributed by atoms with E-state index in [1.165, 1.54) is 0 Å². The Kier molecular flexibility index (Phi) is 5.20. The number of aliphatic carboxylic acids is 1. The molecule has 2 N–H and O–H groups in total. The van der Waals surface area contributed by atoms with Gasteiger partial charge in [0.05, 0.1) is 6.42 Å². The minimum absolute atomic E-state index is 0.0421. The van der Waals surface area contributed by atoms with Gasteiger partial charge in [-0.15, -0.1) is 0 Å². The van der Waals surface area contributed by atoms with E-state index in [4.69, 9.17) is 14.6 Å². The number of hydrogen-bond donors (Lipinski definition) is 2. The monoisotopic (exact) mass is 334 g/mol. The van der Waals surface area contributed by atoms with E-state index in [-0.39, 0.29) is 25.0 Å². The first-order valence-electron chi connectivity index (χ1n) is 8.20. The molecule has 0 bridgehead atoms. The fraction of sp³-hybridized carbons (Fsp3) is 0.529. The molecule has 1 amide bonds. The number of hydrogen-bond acceptors (Lipinski definition) is 5. The fourth-order valence-electron chi connectivity index (χ4n) is 3.10. The summed E-state index contributed by atoms with van der Waals surface area (Å²) in [6.07, 6.45) is 1.11. The lowest BCUT2D eigenvalue weighted by molar-refractivity contribution is -0.139.